The van der Waals surface area contributed by atoms with E-state index in [4.69, 9.17) is 25.9 Å². The Bertz CT molecular complexity index is 743. The van der Waals surface area contributed by atoms with E-state index in [1.807, 2.05) is 12.1 Å². The van der Waals surface area contributed by atoms with Crippen molar-refractivity contribution in [3.63, 3.8) is 0 Å². The number of hydrogen-bond donors (Lipinski definition) is 4. The molecule has 1 atom stereocenters. The number of nitrogens with zero attached hydrogens (tertiary/aromatic N) is 1. The predicted octanol–water partition coefficient (Wildman–Crippen LogP) is 1.72. The molecular weight excluding hydrogens is 395 g/mol. The van der Waals surface area contributed by atoms with Crippen LogP contribution in [0, 0.1) is 0 Å². The van der Waals surface area contributed by atoms with E-state index in [0.717, 1.165) is 45.1 Å². The summed E-state index contributed by atoms with van der Waals surface area (Å²) < 4.78 is 11.2. The summed E-state index contributed by atoms with van der Waals surface area (Å²) in [6.45, 7) is 3.28. The van der Waals surface area contributed by atoms with Crippen molar-refractivity contribution >= 4 is 19.6 Å². The second-order valence-corrected chi connectivity index (χ2v) is 8.63. The maximum absolute atomic E-state index is 12.7. The summed E-state index contributed by atoms with van der Waals surface area (Å²) in [7, 11) is 0.586. The second-order valence-electron chi connectivity index (χ2n) is 8.63. The fraction of sp³-hybridized carbons (Fsp3) is 0.636. The second kappa shape index (κ2) is 10.5. The number of aliphatic imine (C=N–C) groups is 1. The van der Waals surface area contributed by atoms with Crippen LogP contribution in [0.2, 0.25) is 0 Å². The fourth-order valence-corrected chi connectivity index (χ4v) is 5.04. The number of benzene rings is 1. The number of hydrogen-bond acceptors (Lipinski definition) is 5. The van der Waals surface area contributed by atoms with Crippen molar-refractivity contribution in [2.75, 3.05) is 13.2 Å². The highest BCUT2D eigenvalue weighted by atomic mass is 16.5. The minimum atomic E-state index is -0.659. The van der Waals surface area contributed by atoms with Gasteiger partial charge >= 0.3 is 7.69 Å². The number of carbonyl (C=O) groups excluding carboxylic acids is 1. The van der Waals surface area contributed by atoms with Gasteiger partial charge in [0.2, 0.25) is 0 Å². The molecule has 1 radical (unpaired) electrons. The number of carbonyl (C=O) groups is 1. The maximum Gasteiger partial charge on any atom is 0.486 e. The van der Waals surface area contributed by atoms with Crippen LogP contribution in [0.5, 0.6) is 0 Å². The molecule has 3 saturated carbocycles. The van der Waals surface area contributed by atoms with Crippen LogP contribution in [-0.4, -0.2) is 49.6 Å². The molecule has 9 heteroatoms. The number of nitrogens with two attached hydrogens (primary N) is 2. The highest BCUT2D eigenvalue weighted by Gasteiger charge is 2.49. The molecule has 8 nitrogen and oxygen atoms in total. The Balaban J connectivity index is 1.58. The lowest BCUT2D eigenvalue weighted by atomic mass is 9.56. The average molecular weight is 429 g/mol. The van der Waals surface area contributed by atoms with Crippen LogP contribution in [0.1, 0.15) is 74.2 Å². The van der Waals surface area contributed by atoms with Crippen molar-refractivity contribution in [3.8, 4) is 0 Å². The third-order valence-electron chi connectivity index (χ3n) is 6.82. The Morgan fingerprint density at radius 2 is 1.84 bits per heavy atom. The van der Waals surface area contributed by atoms with E-state index < -0.39 is 6.23 Å². The van der Waals surface area contributed by atoms with Crippen molar-refractivity contribution in [2.45, 2.75) is 75.5 Å². The van der Waals surface area contributed by atoms with E-state index >= 15 is 0 Å². The van der Waals surface area contributed by atoms with Gasteiger partial charge in [-0.2, -0.15) is 0 Å². The molecule has 3 aliphatic carbocycles. The minimum Gasteiger partial charge on any atom is -0.429 e. The lowest BCUT2D eigenvalue weighted by molar-refractivity contribution is -0.114. The molecule has 3 aliphatic rings. The van der Waals surface area contributed by atoms with Gasteiger partial charge in [-0.05, 0) is 81.4 Å². The third-order valence-corrected chi connectivity index (χ3v) is 6.82. The zero-order valence-electron chi connectivity index (χ0n) is 18.3. The summed E-state index contributed by atoms with van der Waals surface area (Å²) in [6.07, 6.45) is 7.14. The molecular formula is C22H34BN4O4. The Morgan fingerprint density at radius 3 is 2.39 bits per heavy atom. The smallest absolute Gasteiger partial charge is 0.429 e. The van der Waals surface area contributed by atoms with Gasteiger partial charge in [0.25, 0.3) is 5.91 Å². The van der Waals surface area contributed by atoms with Gasteiger partial charge in [-0.15, -0.1) is 0 Å². The normalized spacial score (nSPS) is 25.6. The number of amides is 1. The Kier molecular flexibility index (Phi) is 7.97. The van der Waals surface area contributed by atoms with Crippen LogP contribution in [0.25, 0.3) is 0 Å². The van der Waals surface area contributed by atoms with E-state index in [9.17, 15) is 4.79 Å². The van der Waals surface area contributed by atoms with Gasteiger partial charge in [0.05, 0.1) is 5.60 Å². The number of ether oxygens (including phenoxy) is 1. The molecule has 2 bridgehead atoms. The first kappa shape index (κ1) is 23.6. The van der Waals surface area contributed by atoms with Crippen LogP contribution in [0.3, 0.4) is 0 Å². The third kappa shape index (κ3) is 5.78. The summed E-state index contributed by atoms with van der Waals surface area (Å²) in [5, 5.41) is 11.8. The molecule has 169 valence electrons. The molecule has 0 saturated heterocycles. The first-order valence-electron chi connectivity index (χ1n) is 11.1. The summed E-state index contributed by atoms with van der Waals surface area (Å²) in [6, 6.07) is 7.91. The molecule has 0 aromatic heterocycles. The SMILES string of the molecule is CCOC12CCC(c3ccc(C(=O)N[C@@H](CCCN=C(N)N)O[B]O)cc3)(CC1)CC2. The molecule has 31 heavy (non-hydrogen) atoms. The molecule has 1 aromatic carbocycles. The Morgan fingerprint density at radius 1 is 1.19 bits per heavy atom. The van der Waals surface area contributed by atoms with Crippen molar-refractivity contribution in [1.29, 1.82) is 0 Å². The van der Waals surface area contributed by atoms with E-state index in [0.29, 0.717) is 32.6 Å². The fourth-order valence-electron chi connectivity index (χ4n) is 5.04. The highest BCUT2D eigenvalue weighted by molar-refractivity contribution is 6.16. The van der Waals surface area contributed by atoms with Gasteiger partial charge in [-0.25, -0.2) is 0 Å². The lowest BCUT2D eigenvalue weighted by Gasteiger charge is -2.53. The van der Waals surface area contributed by atoms with Gasteiger partial charge in [-0.3, -0.25) is 9.79 Å². The molecule has 0 spiro atoms. The quantitative estimate of drug-likeness (QED) is 0.139. The van der Waals surface area contributed by atoms with Crippen molar-refractivity contribution in [3.05, 3.63) is 35.4 Å². The lowest BCUT2D eigenvalue weighted by Crippen LogP contribution is -2.49. The molecule has 0 heterocycles. The number of rotatable bonds is 11. The number of fused-ring (bicyclic) bond motifs is 3. The Hall–Kier alpha value is -2.10. The van der Waals surface area contributed by atoms with E-state index in [2.05, 4.69) is 29.4 Å². The highest BCUT2D eigenvalue weighted by Crippen LogP contribution is 2.54. The monoisotopic (exact) mass is 429 g/mol. The first-order valence-corrected chi connectivity index (χ1v) is 11.1. The van der Waals surface area contributed by atoms with E-state index in [1.165, 1.54) is 5.56 Å². The van der Waals surface area contributed by atoms with Gasteiger partial charge in [0.1, 0.15) is 6.23 Å². The molecule has 4 rings (SSSR count). The molecule has 3 fully saturated rings. The Labute approximate surface area is 185 Å². The van der Waals surface area contributed by atoms with Crippen LogP contribution in [-0.2, 0) is 14.8 Å². The van der Waals surface area contributed by atoms with Gasteiger partial charge in [-0.1, -0.05) is 12.1 Å². The molecule has 0 unspecified atom stereocenters. The minimum absolute atomic E-state index is 0.0225. The number of nitrogens with one attached hydrogen (secondary N) is 1. The van der Waals surface area contributed by atoms with Crippen molar-refractivity contribution in [1.82, 2.24) is 5.32 Å². The summed E-state index contributed by atoms with van der Waals surface area (Å²) in [5.74, 6) is -0.227. The topological polar surface area (TPSA) is 132 Å². The van der Waals surface area contributed by atoms with Gasteiger partial charge < -0.3 is 31.2 Å². The van der Waals surface area contributed by atoms with E-state index in [-0.39, 0.29) is 22.9 Å². The predicted molar refractivity (Wildman–Crippen MR) is 120 cm³/mol. The largest absolute Gasteiger partial charge is 0.486 e. The summed E-state index contributed by atoms with van der Waals surface area (Å²) in [5.41, 5.74) is 12.8. The van der Waals surface area contributed by atoms with Crippen LogP contribution < -0.4 is 16.8 Å². The summed E-state index contributed by atoms with van der Waals surface area (Å²) in [4.78, 5) is 16.6. The van der Waals surface area contributed by atoms with Gasteiger partial charge in [0.15, 0.2) is 5.96 Å². The zero-order valence-corrected chi connectivity index (χ0v) is 18.3. The maximum atomic E-state index is 12.7. The summed E-state index contributed by atoms with van der Waals surface area (Å²) >= 11 is 0. The van der Waals surface area contributed by atoms with Gasteiger partial charge in [0, 0.05) is 18.7 Å². The van der Waals surface area contributed by atoms with Crippen molar-refractivity contribution in [2.24, 2.45) is 16.5 Å². The first-order chi connectivity index (χ1) is 14.9. The molecule has 0 aliphatic heterocycles. The standard InChI is InChI=1S/C22H34BN4O4/c1-2-30-22-12-9-21(10-13-22,11-14-22)17-7-5-16(6-8-17)19(28)27-18(31-23-29)4-3-15-26-20(24)25/h5-8,18,29H,2-4,9-15H2,1H3,(H,27,28)(H4,24,25,26)/t18-,21?,22?/m1/s1. The van der Waals surface area contributed by atoms with Crippen LogP contribution in [0.15, 0.2) is 29.3 Å². The van der Waals surface area contributed by atoms with Crippen LogP contribution in [0.4, 0.5) is 0 Å². The van der Waals surface area contributed by atoms with Crippen molar-refractivity contribution < 1.29 is 19.2 Å². The zero-order chi connectivity index (χ0) is 22.3. The van der Waals surface area contributed by atoms with Crippen LogP contribution >= 0.6 is 0 Å². The number of guanidine groups is 1. The molecule has 1 aromatic rings. The van der Waals surface area contributed by atoms with E-state index in [1.54, 1.807) is 0 Å². The molecule has 1 amide bonds. The molecule has 6 N–H and O–H groups in total. The average Bonchev–Trinajstić information content (AvgIpc) is 2.78.